The van der Waals surface area contributed by atoms with Gasteiger partial charge in [-0.05, 0) is 76.1 Å². The molecule has 0 saturated carbocycles. The van der Waals surface area contributed by atoms with E-state index in [2.05, 4.69) is 9.71 Å². The van der Waals surface area contributed by atoms with Crippen LogP contribution in [0.2, 0.25) is 5.15 Å². The Kier molecular flexibility index (Phi) is 6.69. The third kappa shape index (κ3) is 5.18. The number of hydrogen-bond donors (Lipinski definition) is 2. The molecule has 0 radical (unpaired) electrons. The van der Waals surface area contributed by atoms with Gasteiger partial charge in [-0.3, -0.25) is 0 Å². The van der Waals surface area contributed by atoms with Gasteiger partial charge in [-0.15, -0.1) is 4.72 Å². The van der Waals surface area contributed by atoms with Gasteiger partial charge >= 0.3 is 0 Å². The van der Waals surface area contributed by atoms with E-state index in [0.29, 0.717) is 12.1 Å². The van der Waals surface area contributed by atoms with E-state index in [-0.39, 0.29) is 17.6 Å². The fourth-order valence-corrected chi connectivity index (χ4v) is 3.56. The monoisotopic (exact) mass is 398 g/mol. The largest absolute Gasteiger partial charge is 0.598 e. The Labute approximate surface area is 162 Å². The number of benzene rings is 1. The number of aliphatic hydroxyl groups excluding tert-OH is 1. The summed E-state index contributed by atoms with van der Waals surface area (Å²) in [6, 6.07) is 9.48. The van der Waals surface area contributed by atoms with Gasteiger partial charge in [0.2, 0.25) is 0 Å². The predicted octanol–water partition coefficient (Wildman–Crippen LogP) is 4.19. The second-order valence-electron chi connectivity index (χ2n) is 7.36. The number of nitrogens with zero attached hydrogens (tertiary/aromatic N) is 1. The van der Waals surface area contributed by atoms with Crippen molar-refractivity contribution < 1.29 is 14.0 Å². The molecule has 0 saturated heterocycles. The minimum atomic E-state index is -1.34. The fourth-order valence-electron chi connectivity index (χ4n) is 2.42. The second-order valence-corrected chi connectivity index (χ2v) is 9.71. The van der Waals surface area contributed by atoms with Crippen molar-refractivity contribution in [1.82, 2.24) is 9.71 Å². The predicted molar refractivity (Wildman–Crippen MR) is 105 cm³/mol. The van der Waals surface area contributed by atoms with Crippen molar-refractivity contribution in [2.75, 3.05) is 6.61 Å². The van der Waals surface area contributed by atoms with Gasteiger partial charge in [-0.25, -0.2) is 9.37 Å². The molecule has 0 aliphatic carbocycles. The van der Waals surface area contributed by atoms with Crippen molar-refractivity contribution >= 4 is 23.0 Å². The summed E-state index contributed by atoms with van der Waals surface area (Å²) in [7, 11) is 0. The average Bonchev–Trinajstić information content (AvgIpc) is 2.54. The maximum absolute atomic E-state index is 13.2. The lowest BCUT2D eigenvalue weighted by Crippen LogP contribution is -2.50. The Morgan fingerprint density at radius 3 is 2.35 bits per heavy atom. The van der Waals surface area contributed by atoms with Crippen LogP contribution in [0.15, 0.2) is 36.4 Å². The van der Waals surface area contributed by atoms with E-state index in [1.54, 1.807) is 18.2 Å². The van der Waals surface area contributed by atoms with Gasteiger partial charge in [-0.2, -0.15) is 0 Å². The molecule has 0 spiro atoms. The molecule has 2 atom stereocenters. The van der Waals surface area contributed by atoms with Crippen molar-refractivity contribution in [3.05, 3.63) is 52.9 Å². The molecule has 2 aromatic rings. The van der Waals surface area contributed by atoms with E-state index >= 15 is 0 Å². The van der Waals surface area contributed by atoms with Gasteiger partial charge in [0.1, 0.15) is 15.7 Å². The molecule has 1 unspecified atom stereocenters. The summed E-state index contributed by atoms with van der Waals surface area (Å²) in [4.78, 5) is 4.31. The molecule has 7 heteroatoms. The molecule has 142 valence electrons. The van der Waals surface area contributed by atoms with Crippen molar-refractivity contribution in [3.63, 3.8) is 0 Å². The van der Waals surface area contributed by atoms with Crippen LogP contribution in [0.3, 0.4) is 0 Å². The van der Waals surface area contributed by atoms with E-state index in [9.17, 15) is 14.0 Å². The van der Waals surface area contributed by atoms with Crippen LogP contribution in [0.5, 0.6) is 0 Å². The minimum Gasteiger partial charge on any atom is -0.598 e. The Morgan fingerprint density at radius 2 is 1.81 bits per heavy atom. The molecule has 0 aliphatic heterocycles. The number of nitrogens with one attached hydrogen (secondary N) is 1. The standard InChI is InChI=1S/C19H24ClFN2O2S/c1-18(2,3)26(25)23-19(4,9-10-24)14-11-16(22-17(20)12-14)13-5-7-15(21)8-6-13/h5-8,11-12,23-24H,9-10H2,1-4H3/t19-,26?/m0/s1. The lowest BCUT2D eigenvalue weighted by atomic mass is 9.89. The molecular weight excluding hydrogens is 375 g/mol. The first kappa shape index (κ1) is 21.1. The Bertz CT molecular complexity index is 752. The molecule has 1 heterocycles. The highest BCUT2D eigenvalue weighted by Gasteiger charge is 2.37. The first-order valence-corrected chi connectivity index (χ1v) is 9.82. The van der Waals surface area contributed by atoms with Gasteiger partial charge in [-0.1, -0.05) is 11.6 Å². The summed E-state index contributed by atoms with van der Waals surface area (Å²) >= 11 is 4.87. The van der Waals surface area contributed by atoms with Crippen LogP contribution in [-0.4, -0.2) is 26.0 Å². The summed E-state index contributed by atoms with van der Waals surface area (Å²) in [5.74, 6) is -0.330. The summed E-state index contributed by atoms with van der Waals surface area (Å²) in [6.45, 7) is 7.40. The molecule has 4 nitrogen and oxygen atoms in total. The molecule has 2 N–H and O–H groups in total. The number of hydrogen-bond acceptors (Lipinski definition) is 4. The number of rotatable bonds is 6. The topological polar surface area (TPSA) is 68.2 Å². The van der Waals surface area contributed by atoms with Crippen LogP contribution in [0, 0.1) is 5.82 Å². The van der Waals surface area contributed by atoms with Gasteiger partial charge in [0.05, 0.1) is 11.2 Å². The van der Waals surface area contributed by atoms with Crippen molar-refractivity contribution in [1.29, 1.82) is 0 Å². The molecular formula is C19H24ClFN2O2S. The second kappa shape index (κ2) is 8.23. The van der Waals surface area contributed by atoms with Gasteiger partial charge in [0.25, 0.3) is 0 Å². The number of aromatic nitrogens is 1. The first-order valence-electron chi connectivity index (χ1n) is 8.30. The summed E-state index contributed by atoms with van der Waals surface area (Å²) in [5.41, 5.74) is 1.29. The highest BCUT2D eigenvalue weighted by Crippen LogP contribution is 2.32. The number of halogens is 2. The van der Waals surface area contributed by atoms with E-state index in [1.165, 1.54) is 12.1 Å². The van der Waals surface area contributed by atoms with E-state index in [1.807, 2.05) is 33.8 Å². The van der Waals surface area contributed by atoms with Crippen molar-refractivity contribution in [2.45, 2.75) is 44.4 Å². The molecule has 26 heavy (non-hydrogen) atoms. The van der Waals surface area contributed by atoms with E-state index in [0.717, 1.165) is 11.1 Å². The van der Waals surface area contributed by atoms with Crippen LogP contribution in [-0.2, 0) is 16.9 Å². The fraction of sp³-hybridized carbons (Fsp3) is 0.421. The van der Waals surface area contributed by atoms with Crippen LogP contribution in [0.1, 0.15) is 39.7 Å². The Hall–Kier alpha value is -1.18. The maximum atomic E-state index is 13.2. The zero-order valence-corrected chi connectivity index (χ0v) is 16.9. The zero-order chi connectivity index (χ0) is 19.5. The normalized spacial score (nSPS) is 15.5. The lowest BCUT2D eigenvalue weighted by molar-refractivity contribution is 0.237. The summed E-state index contributed by atoms with van der Waals surface area (Å²) in [6.07, 6.45) is 0.345. The molecule has 2 rings (SSSR count). The minimum absolute atomic E-state index is 0.0866. The third-order valence-electron chi connectivity index (χ3n) is 4.06. The molecule has 1 aromatic carbocycles. The van der Waals surface area contributed by atoms with Crippen LogP contribution < -0.4 is 4.72 Å². The zero-order valence-electron chi connectivity index (χ0n) is 15.3. The van der Waals surface area contributed by atoms with E-state index in [4.69, 9.17) is 11.6 Å². The Balaban J connectivity index is 2.46. The lowest BCUT2D eigenvalue weighted by Gasteiger charge is -2.35. The third-order valence-corrected chi connectivity index (χ3v) is 6.00. The first-order chi connectivity index (χ1) is 12.0. The van der Waals surface area contributed by atoms with Gasteiger partial charge in [0.15, 0.2) is 0 Å². The summed E-state index contributed by atoms with van der Waals surface area (Å²) in [5, 5.41) is 9.81. The van der Waals surface area contributed by atoms with Crippen LogP contribution in [0.25, 0.3) is 11.3 Å². The van der Waals surface area contributed by atoms with Crippen molar-refractivity contribution in [3.8, 4) is 11.3 Å². The summed E-state index contributed by atoms with van der Waals surface area (Å²) < 4.78 is 28.5. The highest BCUT2D eigenvalue weighted by atomic mass is 35.5. The molecule has 0 bridgehead atoms. The van der Waals surface area contributed by atoms with Gasteiger partial charge in [0, 0.05) is 23.5 Å². The number of pyridine rings is 1. The molecule has 1 aromatic heterocycles. The molecule has 0 amide bonds. The molecule has 0 fully saturated rings. The molecule has 0 aliphatic rings. The maximum Gasteiger partial charge on any atom is 0.136 e. The quantitative estimate of drug-likeness (QED) is 0.565. The Morgan fingerprint density at radius 1 is 1.19 bits per heavy atom. The van der Waals surface area contributed by atoms with Gasteiger partial charge < -0.3 is 9.66 Å². The average molecular weight is 399 g/mol. The smallest absolute Gasteiger partial charge is 0.136 e. The van der Waals surface area contributed by atoms with Crippen molar-refractivity contribution in [2.24, 2.45) is 0 Å². The number of aliphatic hydroxyl groups is 1. The van der Waals surface area contributed by atoms with Crippen LogP contribution in [0.4, 0.5) is 4.39 Å². The van der Waals surface area contributed by atoms with Crippen LogP contribution >= 0.6 is 11.6 Å². The van der Waals surface area contributed by atoms with E-state index < -0.39 is 21.6 Å². The highest BCUT2D eigenvalue weighted by molar-refractivity contribution is 7.90. The SMILES string of the molecule is CC(C)(C)[S+]([O-])N[C@@](C)(CCO)c1cc(Cl)nc(-c2ccc(F)cc2)c1.